The van der Waals surface area contributed by atoms with Gasteiger partial charge in [0.05, 0.1) is 11.4 Å². The van der Waals surface area contributed by atoms with Crippen LogP contribution in [-0.4, -0.2) is 14.7 Å². The first-order valence-corrected chi connectivity index (χ1v) is 6.74. The highest BCUT2D eigenvalue weighted by Gasteiger charge is 2.08. The number of rotatable bonds is 2. The van der Waals surface area contributed by atoms with Gasteiger partial charge in [0, 0.05) is 16.4 Å². The van der Waals surface area contributed by atoms with Crippen molar-refractivity contribution < 1.29 is 0 Å². The van der Waals surface area contributed by atoms with E-state index < -0.39 is 0 Å². The van der Waals surface area contributed by atoms with Crippen molar-refractivity contribution in [1.82, 2.24) is 9.38 Å². The summed E-state index contributed by atoms with van der Waals surface area (Å²) < 4.78 is 2.17. The van der Waals surface area contributed by atoms with Gasteiger partial charge in [0.25, 0.3) is 0 Å². The van der Waals surface area contributed by atoms with Gasteiger partial charge >= 0.3 is 0 Å². The topological polar surface area (TPSA) is 17.3 Å². The summed E-state index contributed by atoms with van der Waals surface area (Å²) in [5.41, 5.74) is 3.61. The maximum absolute atomic E-state index is 4.54. The third kappa shape index (κ3) is 2.01. The first kappa shape index (κ1) is 10.9. The van der Waals surface area contributed by atoms with Crippen molar-refractivity contribution in [2.45, 2.75) is 20.8 Å². The third-order valence-corrected chi connectivity index (χ3v) is 4.04. The van der Waals surface area contributed by atoms with E-state index in [1.54, 1.807) is 11.3 Å². The van der Waals surface area contributed by atoms with E-state index in [0.29, 0.717) is 0 Å². The molecule has 0 radical (unpaired) electrons. The van der Waals surface area contributed by atoms with Gasteiger partial charge in [0.1, 0.15) is 0 Å². The lowest BCUT2D eigenvalue weighted by Gasteiger charge is -1.96. The zero-order valence-electron chi connectivity index (χ0n) is 9.04. The number of alkyl halides is 1. The maximum Gasteiger partial charge on any atom is 0.194 e. The fraction of sp³-hybridized carbons (Fsp3) is 0.364. The molecule has 0 atom stereocenters. The molecule has 0 aliphatic heterocycles. The summed E-state index contributed by atoms with van der Waals surface area (Å²) in [5, 5.41) is 0.906. The Morgan fingerprint density at radius 2 is 2.33 bits per heavy atom. The van der Waals surface area contributed by atoms with Crippen LogP contribution in [0.4, 0.5) is 0 Å². The molecule has 0 spiro atoms. The molecule has 0 N–H and O–H groups in total. The Labute approximate surface area is 102 Å². The van der Waals surface area contributed by atoms with Gasteiger partial charge in [-0.3, -0.25) is 4.40 Å². The van der Waals surface area contributed by atoms with Crippen molar-refractivity contribution in [3.63, 3.8) is 0 Å². The smallest absolute Gasteiger partial charge is 0.194 e. The fourth-order valence-corrected chi connectivity index (χ4v) is 2.57. The molecule has 0 amide bonds. The first-order valence-electron chi connectivity index (χ1n) is 4.80. The number of hydrogen-bond acceptors (Lipinski definition) is 2. The van der Waals surface area contributed by atoms with Crippen LogP contribution in [0.15, 0.2) is 11.8 Å². The molecule has 0 saturated carbocycles. The summed E-state index contributed by atoms with van der Waals surface area (Å²) in [7, 11) is 0. The van der Waals surface area contributed by atoms with Gasteiger partial charge in [-0.05, 0) is 26.8 Å². The second kappa shape index (κ2) is 4.10. The number of nitrogens with zero attached hydrogens (tertiary/aromatic N) is 2. The number of thiazole rings is 1. The van der Waals surface area contributed by atoms with E-state index in [1.807, 2.05) is 0 Å². The van der Waals surface area contributed by atoms with E-state index in [9.17, 15) is 0 Å². The van der Waals surface area contributed by atoms with E-state index in [1.165, 1.54) is 16.1 Å². The molecule has 0 aliphatic carbocycles. The average molecular weight is 285 g/mol. The second-order valence-corrected chi connectivity index (χ2v) is 5.48. The predicted octanol–water partition coefficient (Wildman–Crippen LogP) is 3.81. The van der Waals surface area contributed by atoms with Crippen LogP contribution < -0.4 is 0 Å². The van der Waals surface area contributed by atoms with E-state index >= 15 is 0 Å². The van der Waals surface area contributed by atoms with Gasteiger partial charge in [-0.2, -0.15) is 0 Å². The molecule has 80 valence electrons. The van der Waals surface area contributed by atoms with Crippen molar-refractivity contribution in [2.24, 2.45) is 0 Å². The summed E-state index contributed by atoms with van der Waals surface area (Å²) in [6, 6.07) is 0. The minimum absolute atomic E-state index is 0.906. The molecule has 0 saturated heterocycles. The lowest BCUT2D eigenvalue weighted by Crippen LogP contribution is -1.86. The van der Waals surface area contributed by atoms with Gasteiger partial charge < -0.3 is 0 Å². The van der Waals surface area contributed by atoms with Crippen molar-refractivity contribution in [2.75, 3.05) is 5.33 Å². The van der Waals surface area contributed by atoms with Gasteiger partial charge in [-0.25, -0.2) is 4.98 Å². The molecule has 2 heterocycles. The summed E-state index contributed by atoms with van der Waals surface area (Å²) in [4.78, 5) is 6.92. The Morgan fingerprint density at radius 1 is 1.60 bits per heavy atom. The Hall–Kier alpha value is -0.610. The van der Waals surface area contributed by atoms with Crippen LogP contribution in [0.25, 0.3) is 11.0 Å². The lowest BCUT2D eigenvalue weighted by atomic mass is 10.2. The molecule has 0 aliphatic rings. The van der Waals surface area contributed by atoms with Crippen molar-refractivity contribution in [3.05, 3.63) is 28.0 Å². The van der Waals surface area contributed by atoms with Gasteiger partial charge in [-0.1, -0.05) is 21.5 Å². The zero-order valence-corrected chi connectivity index (χ0v) is 11.4. The number of aromatic nitrogens is 2. The molecular weight excluding hydrogens is 272 g/mol. The van der Waals surface area contributed by atoms with E-state index in [0.717, 1.165) is 16.0 Å². The van der Waals surface area contributed by atoms with E-state index in [4.69, 9.17) is 0 Å². The fourth-order valence-electron chi connectivity index (χ4n) is 1.53. The highest BCUT2D eigenvalue weighted by molar-refractivity contribution is 9.09. The van der Waals surface area contributed by atoms with Gasteiger partial charge in [0.2, 0.25) is 0 Å². The third-order valence-electron chi connectivity index (χ3n) is 2.26. The molecule has 0 unspecified atom stereocenters. The van der Waals surface area contributed by atoms with Crippen LogP contribution >= 0.6 is 27.3 Å². The van der Waals surface area contributed by atoms with E-state index in [-0.39, 0.29) is 0 Å². The predicted molar refractivity (Wildman–Crippen MR) is 70.0 cm³/mol. The number of imidazole rings is 1. The SMILES string of the molecule is CC(=Cc1c(C)nc2sc(C)cn12)CBr. The minimum atomic E-state index is 0.906. The Balaban J connectivity index is 2.62. The molecule has 15 heavy (non-hydrogen) atoms. The van der Waals surface area contributed by atoms with E-state index in [2.05, 4.69) is 58.4 Å². The van der Waals surface area contributed by atoms with Crippen LogP contribution in [0, 0.1) is 13.8 Å². The summed E-state index contributed by atoms with van der Waals surface area (Å²) in [6.07, 6.45) is 4.34. The normalized spacial score (nSPS) is 12.7. The molecule has 0 bridgehead atoms. The zero-order chi connectivity index (χ0) is 11.0. The number of fused-ring (bicyclic) bond motifs is 1. The van der Waals surface area contributed by atoms with Gasteiger partial charge in [-0.15, -0.1) is 11.3 Å². The highest BCUT2D eigenvalue weighted by atomic mass is 79.9. The first-order chi connectivity index (χ1) is 7.11. The van der Waals surface area contributed by atoms with Crippen molar-refractivity contribution in [1.29, 1.82) is 0 Å². The van der Waals surface area contributed by atoms with Crippen molar-refractivity contribution in [3.8, 4) is 0 Å². The van der Waals surface area contributed by atoms with Crippen LogP contribution in [0.2, 0.25) is 0 Å². The number of allylic oxidation sites excluding steroid dienone is 1. The largest absolute Gasteiger partial charge is 0.290 e. The molecule has 2 aromatic heterocycles. The van der Waals surface area contributed by atoms with Crippen molar-refractivity contribution >= 4 is 38.3 Å². The molecule has 2 nitrogen and oxygen atoms in total. The average Bonchev–Trinajstić information content (AvgIpc) is 2.65. The summed E-state index contributed by atoms with van der Waals surface area (Å²) in [5.74, 6) is 0. The van der Waals surface area contributed by atoms with Crippen LogP contribution in [0.1, 0.15) is 23.2 Å². The Kier molecular flexibility index (Phi) is 2.98. The number of halogens is 1. The monoisotopic (exact) mass is 284 g/mol. The molecular formula is C11H13BrN2S. The molecule has 4 heteroatoms. The summed E-state index contributed by atoms with van der Waals surface area (Å²) >= 11 is 5.19. The molecule has 0 aromatic carbocycles. The maximum atomic E-state index is 4.54. The highest BCUT2D eigenvalue weighted by Crippen LogP contribution is 2.22. The Morgan fingerprint density at radius 3 is 3.00 bits per heavy atom. The molecule has 2 aromatic rings. The van der Waals surface area contributed by atoms with Gasteiger partial charge in [0.15, 0.2) is 4.96 Å². The quantitative estimate of drug-likeness (QED) is 0.767. The molecule has 0 fully saturated rings. The minimum Gasteiger partial charge on any atom is -0.290 e. The second-order valence-electron chi connectivity index (χ2n) is 3.70. The standard InChI is InChI=1S/C11H13BrN2S/c1-7(5-12)4-10-9(3)13-11-14(10)6-8(2)15-11/h4,6H,5H2,1-3H3. The molecule has 2 rings (SSSR count). The summed E-state index contributed by atoms with van der Waals surface area (Å²) in [6.45, 7) is 6.29. The van der Waals surface area contributed by atoms with Crippen LogP contribution in [0.5, 0.6) is 0 Å². The Bertz CT molecular complexity index is 522. The number of aryl methyl sites for hydroxylation is 2. The number of hydrogen-bond donors (Lipinski definition) is 0. The van der Waals surface area contributed by atoms with Crippen LogP contribution in [-0.2, 0) is 0 Å². The lowest BCUT2D eigenvalue weighted by molar-refractivity contribution is 1.17. The van der Waals surface area contributed by atoms with Crippen LogP contribution in [0.3, 0.4) is 0 Å².